The van der Waals surface area contributed by atoms with Crippen molar-refractivity contribution in [3.8, 4) is 5.69 Å². The number of pyridine rings is 1. The van der Waals surface area contributed by atoms with Gasteiger partial charge < -0.3 is 5.73 Å². The van der Waals surface area contributed by atoms with Crippen LogP contribution < -0.4 is 5.73 Å². The Morgan fingerprint density at radius 1 is 1.11 bits per heavy atom. The molecule has 0 aliphatic rings. The first kappa shape index (κ1) is 11.6. The van der Waals surface area contributed by atoms with Crippen LogP contribution in [-0.4, -0.2) is 14.5 Å². The highest BCUT2D eigenvalue weighted by Gasteiger charge is 2.12. The van der Waals surface area contributed by atoms with Crippen LogP contribution in [0.15, 0.2) is 30.5 Å². The van der Waals surface area contributed by atoms with E-state index in [2.05, 4.69) is 9.97 Å². The molecule has 2 aromatic heterocycles. The van der Waals surface area contributed by atoms with Gasteiger partial charge in [0, 0.05) is 6.20 Å². The summed E-state index contributed by atoms with van der Waals surface area (Å²) < 4.78 is 15.2. The molecule has 0 bridgehead atoms. The molecule has 3 aromatic rings. The number of hydrogen-bond donors (Lipinski definition) is 1. The highest BCUT2D eigenvalue weighted by Crippen LogP contribution is 2.23. The molecule has 2 heterocycles. The quantitative estimate of drug-likeness (QED) is 0.728. The fourth-order valence-electron chi connectivity index (χ4n) is 2.18. The van der Waals surface area contributed by atoms with Crippen molar-refractivity contribution in [2.24, 2.45) is 0 Å². The summed E-state index contributed by atoms with van der Waals surface area (Å²) >= 11 is 0. The number of halogens is 1. The molecule has 1 aromatic carbocycles. The second kappa shape index (κ2) is 4.05. The van der Waals surface area contributed by atoms with Crippen LogP contribution in [0.4, 0.5) is 10.3 Å². The van der Waals surface area contributed by atoms with E-state index >= 15 is 0 Å². The molecule has 4 nitrogen and oxygen atoms in total. The molecule has 19 heavy (non-hydrogen) atoms. The number of hydrogen-bond acceptors (Lipinski definition) is 3. The Morgan fingerprint density at radius 3 is 2.63 bits per heavy atom. The van der Waals surface area contributed by atoms with Gasteiger partial charge >= 0.3 is 0 Å². The molecule has 3 rings (SSSR count). The zero-order valence-corrected chi connectivity index (χ0v) is 10.7. The van der Waals surface area contributed by atoms with Gasteiger partial charge in [-0.2, -0.15) is 0 Å². The van der Waals surface area contributed by atoms with Gasteiger partial charge in [0.2, 0.25) is 5.95 Å². The molecule has 0 fully saturated rings. The number of aromatic nitrogens is 3. The van der Waals surface area contributed by atoms with Gasteiger partial charge in [-0.1, -0.05) is 0 Å². The molecular weight excluding hydrogens is 243 g/mol. The Morgan fingerprint density at radius 2 is 1.89 bits per heavy atom. The van der Waals surface area contributed by atoms with Crippen molar-refractivity contribution in [3.63, 3.8) is 0 Å². The fourth-order valence-corrected chi connectivity index (χ4v) is 2.18. The van der Waals surface area contributed by atoms with Crippen LogP contribution in [0.5, 0.6) is 0 Å². The average Bonchev–Trinajstić information content (AvgIpc) is 2.62. The molecule has 0 saturated heterocycles. The number of benzene rings is 1. The van der Waals surface area contributed by atoms with Gasteiger partial charge in [0.1, 0.15) is 11.3 Å². The number of nitrogen functional groups attached to an aromatic ring is 1. The Balaban J connectivity index is 2.32. The zero-order chi connectivity index (χ0) is 13.6. The van der Waals surface area contributed by atoms with Crippen LogP contribution >= 0.6 is 0 Å². The summed E-state index contributed by atoms with van der Waals surface area (Å²) in [6, 6.07) is 6.64. The Kier molecular flexibility index (Phi) is 2.48. The van der Waals surface area contributed by atoms with Crippen molar-refractivity contribution in [2.75, 3.05) is 5.73 Å². The monoisotopic (exact) mass is 256 g/mol. The van der Waals surface area contributed by atoms with E-state index in [9.17, 15) is 4.39 Å². The van der Waals surface area contributed by atoms with E-state index in [0.29, 0.717) is 22.8 Å². The summed E-state index contributed by atoms with van der Waals surface area (Å²) in [5.41, 5.74) is 9.73. The molecule has 0 spiro atoms. The smallest absolute Gasteiger partial charge is 0.207 e. The maximum atomic E-state index is 13.5. The summed E-state index contributed by atoms with van der Waals surface area (Å²) in [6.07, 6.45) is 1.74. The Labute approximate surface area is 109 Å². The van der Waals surface area contributed by atoms with Crippen LogP contribution in [0, 0.1) is 19.7 Å². The Hall–Kier alpha value is -2.43. The summed E-state index contributed by atoms with van der Waals surface area (Å²) in [5.74, 6) is 0.00135. The SMILES string of the molecule is Cc1cc(F)cc(-n2c(N)nc3cc(C)cnc32)c1. The average molecular weight is 256 g/mol. The van der Waals surface area contributed by atoms with Crippen molar-refractivity contribution in [1.29, 1.82) is 0 Å². The minimum atomic E-state index is -0.302. The first-order valence-corrected chi connectivity index (χ1v) is 5.93. The number of fused-ring (bicyclic) bond motifs is 1. The second-order valence-electron chi connectivity index (χ2n) is 4.65. The van der Waals surface area contributed by atoms with E-state index < -0.39 is 0 Å². The third-order valence-electron chi connectivity index (χ3n) is 2.94. The number of rotatable bonds is 1. The van der Waals surface area contributed by atoms with E-state index in [4.69, 9.17) is 5.73 Å². The number of nitrogens with zero attached hydrogens (tertiary/aromatic N) is 3. The molecule has 0 atom stereocenters. The van der Waals surface area contributed by atoms with Gasteiger partial charge in [-0.15, -0.1) is 0 Å². The van der Waals surface area contributed by atoms with Gasteiger partial charge in [-0.25, -0.2) is 14.4 Å². The molecular formula is C14H13FN4. The molecule has 2 N–H and O–H groups in total. The van der Waals surface area contributed by atoms with E-state index in [-0.39, 0.29) is 5.82 Å². The number of nitrogens with two attached hydrogens (primary N) is 1. The molecule has 0 aliphatic heterocycles. The van der Waals surface area contributed by atoms with E-state index in [0.717, 1.165) is 11.1 Å². The Bertz CT molecular complexity index is 756. The summed E-state index contributed by atoms with van der Waals surface area (Å²) in [6.45, 7) is 3.77. The van der Waals surface area contributed by atoms with Crippen LogP contribution in [0.25, 0.3) is 16.9 Å². The largest absolute Gasteiger partial charge is 0.369 e. The maximum Gasteiger partial charge on any atom is 0.207 e. The minimum absolute atomic E-state index is 0.302. The first-order valence-electron chi connectivity index (χ1n) is 5.93. The van der Waals surface area contributed by atoms with Crippen molar-refractivity contribution in [2.45, 2.75) is 13.8 Å². The topological polar surface area (TPSA) is 56.7 Å². The third-order valence-corrected chi connectivity index (χ3v) is 2.94. The lowest BCUT2D eigenvalue weighted by Crippen LogP contribution is -2.02. The van der Waals surface area contributed by atoms with Crippen molar-refractivity contribution >= 4 is 17.1 Å². The number of aryl methyl sites for hydroxylation is 2. The minimum Gasteiger partial charge on any atom is -0.369 e. The van der Waals surface area contributed by atoms with Gasteiger partial charge in [-0.05, 0) is 49.2 Å². The molecule has 0 radical (unpaired) electrons. The lowest BCUT2D eigenvalue weighted by molar-refractivity contribution is 0.625. The molecule has 0 aliphatic carbocycles. The second-order valence-corrected chi connectivity index (χ2v) is 4.65. The highest BCUT2D eigenvalue weighted by molar-refractivity contribution is 5.77. The van der Waals surface area contributed by atoms with Crippen LogP contribution in [0.3, 0.4) is 0 Å². The first-order chi connectivity index (χ1) is 9.04. The molecule has 0 unspecified atom stereocenters. The molecule has 0 amide bonds. The van der Waals surface area contributed by atoms with Crippen LogP contribution in [0.2, 0.25) is 0 Å². The lowest BCUT2D eigenvalue weighted by Gasteiger charge is -2.07. The fraction of sp³-hybridized carbons (Fsp3) is 0.143. The van der Waals surface area contributed by atoms with E-state index in [1.54, 1.807) is 10.8 Å². The van der Waals surface area contributed by atoms with Gasteiger partial charge in [0.05, 0.1) is 5.69 Å². The predicted octanol–water partition coefficient (Wildman–Crippen LogP) is 2.76. The standard InChI is InChI=1S/C14H13FN4/c1-8-3-10(15)6-11(4-8)19-13-12(18-14(19)16)5-9(2)7-17-13/h3-7H,1-2H3,(H2,16,18). The highest BCUT2D eigenvalue weighted by atomic mass is 19.1. The predicted molar refractivity (Wildman–Crippen MR) is 72.7 cm³/mol. The van der Waals surface area contributed by atoms with E-state index in [1.165, 1.54) is 12.1 Å². The van der Waals surface area contributed by atoms with Crippen molar-refractivity contribution < 1.29 is 4.39 Å². The number of imidazole rings is 1. The number of anilines is 1. The molecule has 96 valence electrons. The van der Waals surface area contributed by atoms with Gasteiger partial charge in [0.15, 0.2) is 5.65 Å². The summed E-state index contributed by atoms with van der Waals surface area (Å²) in [5, 5.41) is 0. The molecule has 0 saturated carbocycles. The lowest BCUT2D eigenvalue weighted by atomic mass is 10.2. The van der Waals surface area contributed by atoms with Crippen LogP contribution in [-0.2, 0) is 0 Å². The van der Waals surface area contributed by atoms with E-state index in [1.807, 2.05) is 26.0 Å². The van der Waals surface area contributed by atoms with Crippen LogP contribution in [0.1, 0.15) is 11.1 Å². The van der Waals surface area contributed by atoms with Crippen molar-refractivity contribution in [3.05, 3.63) is 47.4 Å². The van der Waals surface area contributed by atoms with Gasteiger partial charge in [-0.3, -0.25) is 4.57 Å². The normalized spacial score (nSPS) is 11.1. The van der Waals surface area contributed by atoms with Gasteiger partial charge in [0.25, 0.3) is 0 Å². The third kappa shape index (κ3) is 1.93. The molecule has 5 heteroatoms. The maximum absolute atomic E-state index is 13.5. The summed E-state index contributed by atoms with van der Waals surface area (Å²) in [4.78, 5) is 8.60. The van der Waals surface area contributed by atoms with Crippen molar-refractivity contribution in [1.82, 2.24) is 14.5 Å². The zero-order valence-electron chi connectivity index (χ0n) is 10.7. The summed E-state index contributed by atoms with van der Waals surface area (Å²) in [7, 11) is 0.